The topological polar surface area (TPSA) is 115 Å². The fraction of sp³-hybridized carbons (Fsp3) is 0.467. The molecule has 0 atom stereocenters. The Hall–Kier alpha value is -1.44. The van der Waals surface area contributed by atoms with E-state index in [-0.39, 0.29) is 64.9 Å². The Kier molecular flexibility index (Phi) is 7.90. The average Bonchev–Trinajstić information content (AvgIpc) is 2.44. The molecule has 1 aliphatic heterocycles. The maximum atomic E-state index is 12.1. The Morgan fingerprint density at radius 3 is 1.57 bits per heavy atom. The number of nitrogens with zero attached hydrogens (tertiary/aromatic N) is 1. The molecule has 0 bridgehead atoms. The SMILES string of the molecule is CCC(=O)C1=C(C)N(C(=O)[O-])C(C)=C(C(=O)CC)C1C(=O)O.[Na+]. The zero-order valence-electron chi connectivity index (χ0n) is 13.9. The fourth-order valence-electron chi connectivity index (χ4n) is 2.68. The van der Waals surface area contributed by atoms with Gasteiger partial charge in [-0.25, -0.2) is 0 Å². The van der Waals surface area contributed by atoms with Gasteiger partial charge in [0, 0.05) is 35.4 Å². The number of carboxylic acids is 1. The van der Waals surface area contributed by atoms with E-state index in [9.17, 15) is 29.4 Å². The van der Waals surface area contributed by atoms with E-state index in [2.05, 4.69) is 0 Å². The second-order valence-corrected chi connectivity index (χ2v) is 4.92. The molecule has 1 N–H and O–H groups in total. The number of allylic oxidation sites excluding steroid dienone is 2. The minimum absolute atomic E-state index is 0. The van der Waals surface area contributed by atoms with Gasteiger partial charge in [-0.3, -0.25) is 14.4 Å². The van der Waals surface area contributed by atoms with Crippen molar-refractivity contribution in [2.75, 3.05) is 0 Å². The monoisotopic (exact) mass is 331 g/mol. The van der Waals surface area contributed by atoms with Gasteiger partial charge in [0.15, 0.2) is 11.6 Å². The number of carbonyl (C=O) groups excluding carboxylic acids is 3. The summed E-state index contributed by atoms with van der Waals surface area (Å²) >= 11 is 0. The Bertz CT molecular complexity index is 579. The Labute approximate surface area is 156 Å². The van der Waals surface area contributed by atoms with Gasteiger partial charge in [-0.1, -0.05) is 13.8 Å². The van der Waals surface area contributed by atoms with Crippen LogP contribution in [0.3, 0.4) is 0 Å². The van der Waals surface area contributed by atoms with E-state index >= 15 is 0 Å². The number of aliphatic carboxylic acids is 1. The molecule has 8 heteroatoms. The van der Waals surface area contributed by atoms with Gasteiger partial charge >= 0.3 is 35.5 Å². The minimum atomic E-state index is -1.61. The van der Waals surface area contributed by atoms with E-state index < -0.39 is 29.5 Å². The standard InChI is InChI=1S/C15H19NO6.Na/c1-5-9(17)11-7(3)16(15(21)22)8(4)12(10(18)6-2)13(11)14(19)20;/h13H,5-6H2,1-4H3,(H,19,20)(H,21,22);/q;+1/p-1. The molecule has 120 valence electrons. The molecule has 1 amide bonds. The number of ketones is 2. The second-order valence-electron chi connectivity index (χ2n) is 4.92. The summed E-state index contributed by atoms with van der Waals surface area (Å²) in [7, 11) is 0. The predicted octanol–water partition coefficient (Wildman–Crippen LogP) is -2.14. The van der Waals surface area contributed by atoms with Gasteiger partial charge in [-0.05, 0) is 13.8 Å². The third-order valence-corrected chi connectivity index (χ3v) is 3.70. The Morgan fingerprint density at radius 1 is 1.00 bits per heavy atom. The van der Waals surface area contributed by atoms with E-state index in [1.807, 2.05) is 0 Å². The number of carbonyl (C=O) groups is 4. The number of amides is 1. The van der Waals surface area contributed by atoms with Crippen molar-refractivity contribution < 1.29 is 58.9 Å². The van der Waals surface area contributed by atoms with Crippen molar-refractivity contribution in [2.45, 2.75) is 40.5 Å². The zero-order chi connectivity index (χ0) is 17.2. The molecule has 0 saturated carbocycles. The van der Waals surface area contributed by atoms with Crippen molar-refractivity contribution in [1.82, 2.24) is 4.90 Å². The first-order valence-corrected chi connectivity index (χ1v) is 6.90. The summed E-state index contributed by atoms with van der Waals surface area (Å²) in [4.78, 5) is 47.9. The van der Waals surface area contributed by atoms with Gasteiger partial charge in [0.05, 0.1) is 0 Å². The van der Waals surface area contributed by atoms with Gasteiger partial charge in [-0.15, -0.1) is 0 Å². The second kappa shape index (κ2) is 8.42. The molecule has 1 rings (SSSR count). The third-order valence-electron chi connectivity index (χ3n) is 3.70. The molecule has 1 aliphatic rings. The normalized spacial score (nSPS) is 15.4. The van der Waals surface area contributed by atoms with Crippen LogP contribution in [-0.4, -0.2) is 33.6 Å². The zero-order valence-corrected chi connectivity index (χ0v) is 15.9. The Morgan fingerprint density at radius 2 is 1.35 bits per heavy atom. The molecule has 0 aromatic rings. The molecular formula is C15H18NNaO6. The van der Waals surface area contributed by atoms with E-state index in [1.54, 1.807) is 0 Å². The van der Waals surface area contributed by atoms with Crippen molar-refractivity contribution in [3.05, 3.63) is 22.5 Å². The van der Waals surface area contributed by atoms with Crippen molar-refractivity contribution in [3.8, 4) is 0 Å². The van der Waals surface area contributed by atoms with Crippen LogP contribution >= 0.6 is 0 Å². The summed E-state index contributed by atoms with van der Waals surface area (Å²) in [6, 6.07) is 0. The Balaban J connectivity index is 0.00000484. The van der Waals surface area contributed by atoms with Crippen LogP contribution in [0.1, 0.15) is 40.5 Å². The molecule has 0 aliphatic carbocycles. The van der Waals surface area contributed by atoms with E-state index in [4.69, 9.17) is 0 Å². The summed E-state index contributed by atoms with van der Waals surface area (Å²) in [5, 5.41) is 20.8. The smallest absolute Gasteiger partial charge is 0.529 e. The quantitative estimate of drug-likeness (QED) is 0.575. The van der Waals surface area contributed by atoms with Crippen molar-refractivity contribution in [2.24, 2.45) is 5.92 Å². The van der Waals surface area contributed by atoms with E-state index in [0.29, 0.717) is 4.90 Å². The van der Waals surface area contributed by atoms with E-state index in [1.165, 1.54) is 27.7 Å². The molecule has 0 radical (unpaired) electrons. The number of hydrogen-bond donors (Lipinski definition) is 1. The van der Waals surface area contributed by atoms with Gasteiger partial charge in [0.1, 0.15) is 12.0 Å². The first-order chi connectivity index (χ1) is 10.2. The van der Waals surface area contributed by atoms with Crippen LogP contribution in [0.15, 0.2) is 22.5 Å². The molecule has 0 unspecified atom stereocenters. The van der Waals surface area contributed by atoms with Gasteiger partial charge in [0.2, 0.25) is 0 Å². The number of rotatable bonds is 5. The fourth-order valence-corrected chi connectivity index (χ4v) is 2.68. The van der Waals surface area contributed by atoms with Gasteiger partial charge in [-0.2, -0.15) is 0 Å². The summed E-state index contributed by atoms with van der Waals surface area (Å²) in [6.45, 7) is 5.76. The largest absolute Gasteiger partial charge is 1.00 e. The van der Waals surface area contributed by atoms with Crippen molar-refractivity contribution in [3.63, 3.8) is 0 Å². The molecule has 23 heavy (non-hydrogen) atoms. The minimum Gasteiger partial charge on any atom is -0.529 e. The third kappa shape index (κ3) is 3.91. The maximum absolute atomic E-state index is 12.1. The van der Waals surface area contributed by atoms with Crippen LogP contribution in [0.25, 0.3) is 0 Å². The van der Waals surface area contributed by atoms with Crippen LogP contribution in [0.2, 0.25) is 0 Å². The summed E-state index contributed by atoms with van der Waals surface area (Å²) < 4.78 is 0. The van der Waals surface area contributed by atoms with Crippen molar-refractivity contribution in [1.29, 1.82) is 0 Å². The van der Waals surface area contributed by atoms with Crippen LogP contribution in [0, 0.1) is 5.92 Å². The molecule has 0 aromatic carbocycles. The molecule has 0 aromatic heterocycles. The van der Waals surface area contributed by atoms with Crippen LogP contribution in [0.4, 0.5) is 4.79 Å². The summed E-state index contributed by atoms with van der Waals surface area (Å²) in [6.07, 6.45) is -1.60. The van der Waals surface area contributed by atoms with Crippen LogP contribution in [0.5, 0.6) is 0 Å². The van der Waals surface area contributed by atoms with Gasteiger partial charge < -0.3 is 19.9 Å². The van der Waals surface area contributed by atoms with Crippen LogP contribution in [-0.2, 0) is 14.4 Å². The first-order valence-electron chi connectivity index (χ1n) is 6.90. The average molecular weight is 331 g/mol. The molecule has 0 spiro atoms. The number of carboxylic acid groups (broad SMARTS) is 2. The molecule has 0 fully saturated rings. The molecular weight excluding hydrogens is 313 g/mol. The van der Waals surface area contributed by atoms with Crippen LogP contribution < -0.4 is 34.7 Å². The summed E-state index contributed by atoms with van der Waals surface area (Å²) in [5.74, 6) is -3.82. The first kappa shape index (κ1) is 21.6. The molecule has 0 saturated heterocycles. The molecule has 7 nitrogen and oxygen atoms in total. The number of Topliss-reactive ketones (excluding diaryl/α,β-unsaturated/α-hetero) is 2. The van der Waals surface area contributed by atoms with E-state index in [0.717, 1.165) is 0 Å². The summed E-state index contributed by atoms with van der Waals surface area (Å²) in [5.41, 5.74) is -0.406. The van der Waals surface area contributed by atoms with Crippen molar-refractivity contribution >= 4 is 23.6 Å². The number of hydrogen-bond acceptors (Lipinski definition) is 5. The molecule has 1 heterocycles. The van der Waals surface area contributed by atoms with Gasteiger partial charge in [0.25, 0.3) is 0 Å². The predicted molar refractivity (Wildman–Crippen MR) is 74.4 cm³/mol. The maximum Gasteiger partial charge on any atom is 1.00 e.